The van der Waals surface area contributed by atoms with Gasteiger partial charge in [0.1, 0.15) is 4.90 Å². The van der Waals surface area contributed by atoms with E-state index >= 15 is 0 Å². The van der Waals surface area contributed by atoms with E-state index in [0.717, 1.165) is 25.8 Å². The van der Waals surface area contributed by atoms with Crippen LogP contribution in [0.4, 0.5) is 5.69 Å². The number of hydrogen-bond donors (Lipinski definition) is 2. The van der Waals surface area contributed by atoms with Crippen LogP contribution in [0.15, 0.2) is 23.4 Å². The largest absolute Gasteiger partial charge is 0.384 e. The van der Waals surface area contributed by atoms with Crippen LogP contribution in [0.5, 0.6) is 0 Å². The summed E-state index contributed by atoms with van der Waals surface area (Å²) in [6.07, 6.45) is 8.62. The molecule has 112 valence electrons. The summed E-state index contributed by atoms with van der Waals surface area (Å²) in [5.74, 6) is 0.480. The second-order valence-electron chi connectivity index (χ2n) is 5.30. The molecule has 20 heavy (non-hydrogen) atoms. The van der Waals surface area contributed by atoms with Crippen molar-refractivity contribution in [2.75, 3.05) is 18.4 Å². The van der Waals surface area contributed by atoms with Gasteiger partial charge in [0.2, 0.25) is 10.0 Å². The minimum atomic E-state index is -3.48. The lowest BCUT2D eigenvalue weighted by atomic mass is 10.1. The van der Waals surface area contributed by atoms with E-state index in [1.165, 1.54) is 19.0 Å². The summed E-state index contributed by atoms with van der Waals surface area (Å²) in [7, 11) is -3.48. The Balaban J connectivity index is 2.07. The van der Waals surface area contributed by atoms with Gasteiger partial charge in [-0.05, 0) is 31.2 Å². The van der Waals surface area contributed by atoms with Crippen LogP contribution in [0.2, 0.25) is 0 Å². The molecule has 0 atom stereocenters. The first-order valence-corrected chi connectivity index (χ1v) is 8.79. The molecule has 0 spiro atoms. The van der Waals surface area contributed by atoms with Crippen molar-refractivity contribution in [3.8, 4) is 0 Å². The van der Waals surface area contributed by atoms with Crippen LogP contribution < -0.4 is 10.0 Å². The Hall–Kier alpha value is -1.14. The molecule has 1 aliphatic rings. The normalized spacial score (nSPS) is 16.4. The molecule has 2 rings (SSSR count). The van der Waals surface area contributed by atoms with Crippen molar-refractivity contribution < 1.29 is 8.42 Å². The molecule has 0 aliphatic heterocycles. The lowest BCUT2D eigenvalue weighted by Gasteiger charge is -2.14. The van der Waals surface area contributed by atoms with E-state index in [9.17, 15) is 8.42 Å². The summed E-state index contributed by atoms with van der Waals surface area (Å²) in [6, 6.07) is 1.71. The number of pyridine rings is 1. The third kappa shape index (κ3) is 3.93. The fourth-order valence-electron chi connectivity index (χ4n) is 2.52. The highest BCUT2D eigenvalue weighted by atomic mass is 32.2. The molecule has 1 fully saturated rings. The minimum absolute atomic E-state index is 0.242. The van der Waals surface area contributed by atoms with Crippen molar-refractivity contribution in [3.63, 3.8) is 0 Å². The zero-order valence-corrected chi connectivity index (χ0v) is 12.7. The van der Waals surface area contributed by atoms with E-state index in [1.54, 1.807) is 12.3 Å². The number of aromatic nitrogens is 1. The van der Waals surface area contributed by atoms with Crippen molar-refractivity contribution in [2.24, 2.45) is 5.92 Å². The van der Waals surface area contributed by atoms with Gasteiger partial charge in [0.25, 0.3) is 0 Å². The molecule has 0 bridgehead atoms. The maximum atomic E-state index is 12.4. The van der Waals surface area contributed by atoms with Gasteiger partial charge in [0, 0.05) is 25.5 Å². The lowest BCUT2D eigenvalue weighted by Crippen LogP contribution is -2.29. The van der Waals surface area contributed by atoms with Gasteiger partial charge in [-0.1, -0.05) is 19.8 Å². The van der Waals surface area contributed by atoms with Crippen molar-refractivity contribution in [3.05, 3.63) is 18.5 Å². The average Bonchev–Trinajstić information content (AvgIpc) is 2.97. The number of nitrogens with one attached hydrogen (secondary N) is 2. The van der Waals surface area contributed by atoms with Gasteiger partial charge in [0.15, 0.2) is 0 Å². The molecule has 1 aliphatic carbocycles. The first kappa shape index (κ1) is 15.3. The third-order valence-corrected chi connectivity index (χ3v) is 5.13. The van der Waals surface area contributed by atoms with Crippen molar-refractivity contribution in [1.29, 1.82) is 0 Å². The molecule has 0 amide bonds. The van der Waals surface area contributed by atoms with E-state index in [4.69, 9.17) is 0 Å². The van der Waals surface area contributed by atoms with Crippen LogP contribution in [-0.2, 0) is 10.0 Å². The predicted octanol–water partition coefficient (Wildman–Crippen LogP) is 2.37. The van der Waals surface area contributed by atoms with Gasteiger partial charge < -0.3 is 5.32 Å². The Morgan fingerprint density at radius 3 is 2.80 bits per heavy atom. The summed E-state index contributed by atoms with van der Waals surface area (Å²) in [5, 5.41) is 3.14. The summed E-state index contributed by atoms with van der Waals surface area (Å²) in [4.78, 5) is 4.18. The maximum absolute atomic E-state index is 12.4. The van der Waals surface area contributed by atoms with Gasteiger partial charge in [0.05, 0.1) is 5.69 Å². The third-order valence-electron chi connectivity index (χ3n) is 3.68. The highest BCUT2D eigenvalue weighted by Crippen LogP contribution is 2.25. The molecule has 0 unspecified atom stereocenters. The first-order valence-electron chi connectivity index (χ1n) is 7.31. The van der Waals surface area contributed by atoms with Gasteiger partial charge in [-0.3, -0.25) is 4.98 Å². The van der Waals surface area contributed by atoms with Crippen LogP contribution >= 0.6 is 0 Å². The number of anilines is 1. The van der Waals surface area contributed by atoms with Crippen molar-refractivity contribution in [2.45, 2.75) is 43.9 Å². The first-order chi connectivity index (χ1) is 9.63. The molecular weight excluding hydrogens is 274 g/mol. The van der Waals surface area contributed by atoms with E-state index in [-0.39, 0.29) is 4.90 Å². The number of hydrogen-bond acceptors (Lipinski definition) is 4. The highest BCUT2D eigenvalue weighted by molar-refractivity contribution is 7.89. The van der Waals surface area contributed by atoms with E-state index in [0.29, 0.717) is 18.2 Å². The number of sulfonamides is 1. The fraction of sp³-hybridized carbons (Fsp3) is 0.643. The number of rotatable bonds is 7. The van der Waals surface area contributed by atoms with E-state index in [1.807, 2.05) is 6.92 Å². The smallest absolute Gasteiger partial charge is 0.244 e. The topological polar surface area (TPSA) is 71.1 Å². The molecule has 1 saturated carbocycles. The molecule has 5 nitrogen and oxygen atoms in total. The Morgan fingerprint density at radius 1 is 1.35 bits per heavy atom. The molecule has 2 N–H and O–H groups in total. The van der Waals surface area contributed by atoms with Gasteiger partial charge in [-0.15, -0.1) is 0 Å². The minimum Gasteiger partial charge on any atom is -0.384 e. The Bertz CT molecular complexity index is 525. The molecule has 0 saturated heterocycles. The monoisotopic (exact) mass is 297 g/mol. The highest BCUT2D eigenvalue weighted by Gasteiger charge is 2.22. The Kier molecular flexibility index (Phi) is 5.37. The summed E-state index contributed by atoms with van der Waals surface area (Å²) >= 11 is 0. The Labute approximate surface area is 121 Å². The molecule has 1 aromatic heterocycles. The van der Waals surface area contributed by atoms with Crippen LogP contribution in [0.3, 0.4) is 0 Å². The zero-order valence-electron chi connectivity index (χ0n) is 11.9. The second kappa shape index (κ2) is 7.04. The van der Waals surface area contributed by atoms with Crippen LogP contribution in [0.1, 0.15) is 39.0 Å². The SMILES string of the molecule is CCCNc1ccncc1S(=O)(=O)NCC1CCCC1. The van der Waals surface area contributed by atoms with Crippen molar-refractivity contribution >= 4 is 15.7 Å². The molecule has 0 radical (unpaired) electrons. The average molecular weight is 297 g/mol. The molecule has 1 heterocycles. The number of nitrogens with zero attached hydrogens (tertiary/aromatic N) is 1. The van der Waals surface area contributed by atoms with Crippen molar-refractivity contribution in [1.82, 2.24) is 9.71 Å². The maximum Gasteiger partial charge on any atom is 0.244 e. The van der Waals surface area contributed by atoms with E-state index in [2.05, 4.69) is 15.0 Å². The van der Waals surface area contributed by atoms with Crippen LogP contribution in [-0.4, -0.2) is 26.5 Å². The second-order valence-corrected chi connectivity index (χ2v) is 7.04. The predicted molar refractivity (Wildman–Crippen MR) is 80.2 cm³/mol. The molecule has 1 aromatic rings. The molecular formula is C14H23N3O2S. The Morgan fingerprint density at radius 2 is 2.10 bits per heavy atom. The van der Waals surface area contributed by atoms with Crippen LogP contribution in [0, 0.1) is 5.92 Å². The fourth-order valence-corrected chi connectivity index (χ4v) is 3.76. The molecule has 0 aromatic carbocycles. The standard InChI is InChI=1S/C14H23N3O2S/c1-2-8-16-13-7-9-15-11-14(13)20(18,19)17-10-12-5-3-4-6-12/h7,9,11-12,17H,2-6,8,10H2,1H3,(H,15,16). The summed E-state index contributed by atoms with van der Waals surface area (Å²) < 4.78 is 27.5. The lowest BCUT2D eigenvalue weighted by molar-refractivity contribution is 0.519. The van der Waals surface area contributed by atoms with E-state index < -0.39 is 10.0 Å². The van der Waals surface area contributed by atoms with Gasteiger partial charge in [-0.25, -0.2) is 13.1 Å². The van der Waals surface area contributed by atoms with Gasteiger partial charge >= 0.3 is 0 Å². The molecule has 6 heteroatoms. The van der Waals surface area contributed by atoms with Gasteiger partial charge in [-0.2, -0.15) is 0 Å². The quantitative estimate of drug-likeness (QED) is 0.810. The summed E-state index contributed by atoms with van der Waals surface area (Å²) in [6.45, 7) is 3.32. The summed E-state index contributed by atoms with van der Waals surface area (Å²) in [5.41, 5.74) is 0.626. The zero-order chi connectivity index (χ0) is 14.4. The van der Waals surface area contributed by atoms with Crippen LogP contribution in [0.25, 0.3) is 0 Å².